The molecule has 0 unspecified atom stereocenters. The molecule has 0 atom stereocenters. The highest BCUT2D eigenvalue weighted by Crippen LogP contribution is 2.31. The Morgan fingerprint density at radius 1 is 1.12 bits per heavy atom. The minimum absolute atomic E-state index is 0.115. The molecule has 0 aliphatic rings. The number of nitrogens with zero attached hydrogens (tertiary/aromatic N) is 5. The summed E-state index contributed by atoms with van der Waals surface area (Å²) in [6.07, 6.45) is 1.36. The fraction of sp³-hybridized carbons (Fsp3) is 0.174. The van der Waals surface area contributed by atoms with E-state index >= 15 is 0 Å². The lowest BCUT2D eigenvalue weighted by atomic mass is 10.1. The summed E-state index contributed by atoms with van der Waals surface area (Å²) in [6.45, 7) is 1.81. The Labute approximate surface area is 197 Å². The van der Waals surface area contributed by atoms with E-state index in [2.05, 4.69) is 15.3 Å². The largest absolute Gasteiger partial charge is 0.436 e. The summed E-state index contributed by atoms with van der Waals surface area (Å²) in [6, 6.07) is 10.7. The average Bonchev–Trinajstić information content (AvgIpc) is 3.40. The topological polar surface area (TPSA) is 117 Å². The number of hydrogen-bond donors (Lipinski definition) is 1. The number of aromatic nitrogens is 5. The molecule has 5 aromatic rings. The molecule has 11 heteroatoms. The van der Waals surface area contributed by atoms with Crippen molar-refractivity contribution in [2.75, 3.05) is 5.32 Å². The average molecular weight is 479 g/mol. The summed E-state index contributed by atoms with van der Waals surface area (Å²) < 4.78 is 9.55. The minimum Gasteiger partial charge on any atom is -0.436 e. The molecule has 0 spiro atoms. The van der Waals surface area contributed by atoms with Crippen LogP contribution in [0, 0.1) is 6.92 Å². The number of carbonyl (C=O) groups excluding carboxylic acids is 1. The van der Waals surface area contributed by atoms with Gasteiger partial charge in [0.1, 0.15) is 17.7 Å². The highest BCUT2D eigenvalue weighted by atomic mass is 35.5. The highest BCUT2D eigenvalue weighted by molar-refractivity contribution is 6.33. The number of amides is 1. The van der Waals surface area contributed by atoms with E-state index in [0.29, 0.717) is 33.3 Å². The third-order valence-corrected chi connectivity index (χ3v) is 5.86. The van der Waals surface area contributed by atoms with Gasteiger partial charge < -0.3 is 14.3 Å². The quantitative estimate of drug-likeness (QED) is 0.424. The van der Waals surface area contributed by atoms with Crippen LogP contribution in [0.2, 0.25) is 5.02 Å². The van der Waals surface area contributed by atoms with Crippen LogP contribution in [0.5, 0.6) is 0 Å². The predicted molar refractivity (Wildman–Crippen MR) is 128 cm³/mol. The summed E-state index contributed by atoms with van der Waals surface area (Å²) in [5.74, 6) is 0.0212. The van der Waals surface area contributed by atoms with Crippen LogP contribution >= 0.6 is 11.6 Å². The van der Waals surface area contributed by atoms with Crippen LogP contribution in [-0.2, 0) is 25.4 Å². The molecular formula is C23H19ClN6O4. The van der Waals surface area contributed by atoms with Gasteiger partial charge in [0, 0.05) is 19.8 Å². The number of imidazole rings is 1. The van der Waals surface area contributed by atoms with Crippen molar-refractivity contribution in [1.29, 1.82) is 0 Å². The zero-order valence-corrected chi connectivity index (χ0v) is 19.3. The lowest BCUT2D eigenvalue weighted by molar-refractivity contribution is -0.116. The van der Waals surface area contributed by atoms with Gasteiger partial charge in [0.15, 0.2) is 11.1 Å². The maximum atomic E-state index is 12.7. The monoisotopic (exact) mass is 478 g/mol. The number of anilines is 1. The number of oxazole rings is 1. The van der Waals surface area contributed by atoms with Gasteiger partial charge in [0.25, 0.3) is 5.56 Å². The van der Waals surface area contributed by atoms with Gasteiger partial charge in [-0.3, -0.25) is 18.7 Å². The van der Waals surface area contributed by atoms with E-state index in [1.807, 2.05) is 25.1 Å². The van der Waals surface area contributed by atoms with Crippen LogP contribution in [0.3, 0.4) is 0 Å². The summed E-state index contributed by atoms with van der Waals surface area (Å²) in [7, 11) is 2.91. The second kappa shape index (κ2) is 7.99. The zero-order valence-electron chi connectivity index (χ0n) is 18.5. The fourth-order valence-electron chi connectivity index (χ4n) is 3.82. The van der Waals surface area contributed by atoms with E-state index in [1.165, 1.54) is 29.6 Å². The van der Waals surface area contributed by atoms with Crippen molar-refractivity contribution < 1.29 is 9.21 Å². The number of carbonyl (C=O) groups is 1. The maximum absolute atomic E-state index is 12.7. The molecule has 34 heavy (non-hydrogen) atoms. The van der Waals surface area contributed by atoms with Crippen molar-refractivity contribution in [3.05, 3.63) is 74.1 Å². The van der Waals surface area contributed by atoms with E-state index in [1.54, 1.807) is 18.2 Å². The third kappa shape index (κ3) is 3.57. The molecule has 0 aliphatic carbocycles. The van der Waals surface area contributed by atoms with E-state index < -0.39 is 11.2 Å². The number of hydrogen-bond acceptors (Lipinski definition) is 6. The lowest BCUT2D eigenvalue weighted by Gasteiger charge is -2.09. The first-order chi connectivity index (χ1) is 16.2. The predicted octanol–water partition coefficient (Wildman–Crippen LogP) is 2.84. The molecule has 0 fully saturated rings. The maximum Gasteiger partial charge on any atom is 0.332 e. The Bertz CT molecular complexity index is 1730. The van der Waals surface area contributed by atoms with Gasteiger partial charge >= 0.3 is 5.69 Å². The van der Waals surface area contributed by atoms with Crippen LogP contribution in [-0.4, -0.2) is 29.6 Å². The van der Waals surface area contributed by atoms with Gasteiger partial charge in [-0.1, -0.05) is 17.7 Å². The van der Waals surface area contributed by atoms with Gasteiger partial charge in [0.2, 0.25) is 11.8 Å². The van der Waals surface area contributed by atoms with Crippen LogP contribution in [0.4, 0.5) is 5.69 Å². The lowest BCUT2D eigenvalue weighted by Crippen LogP contribution is -2.37. The molecule has 172 valence electrons. The Kier molecular flexibility index (Phi) is 5.09. The fourth-order valence-corrected chi connectivity index (χ4v) is 4.14. The molecule has 2 aromatic carbocycles. The van der Waals surface area contributed by atoms with Crippen LogP contribution in [0.15, 0.2) is 56.7 Å². The van der Waals surface area contributed by atoms with Crippen molar-refractivity contribution >= 4 is 45.5 Å². The Morgan fingerprint density at radius 2 is 1.91 bits per heavy atom. The summed E-state index contributed by atoms with van der Waals surface area (Å²) in [4.78, 5) is 45.9. The summed E-state index contributed by atoms with van der Waals surface area (Å²) >= 11 is 6.33. The van der Waals surface area contributed by atoms with Crippen molar-refractivity contribution in [1.82, 2.24) is 23.7 Å². The van der Waals surface area contributed by atoms with Gasteiger partial charge in [-0.15, -0.1) is 0 Å². The first-order valence-corrected chi connectivity index (χ1v) is 10.7. The SMILES string of the molecule is Cc1ccc(-c2nc3cc(NC(=O)Cn4cnc5c(=O)n(C)c(=O)n(C)c54)ccc3o2)c(Cl)c1. The zero-order chi connectivity index (χ0) is 24.1. The van der Waals surface area contributed by atoms with Crippen molar-refractivity contribution in [2.45, 2.75) is 13.5 Å². The van der Waals surface area contributed by atoms with Crippen molar-refractivity contribution in [3.63, 3.8) is 0 Å². The molecule has 1 N–H and O–H groups in total. The molecule has 0 saturated carbocycles. The Balaban J connectivity index is 1.41. The second-order valence-electron chi connectivity index (χ2n) is 7.98. The number of halogens is 1. The Hall–Kier alpha value is -4.18. The minimum atomic E-state index is -0.516. The van der Waals surface area contributed by atoms with E-state index in [9.17, 15) is 14.4 Å². The molecule has 1 amide bonds. The van der Waals surface area contributed by atoms with Crippen molar-refractivity contribution in [2.24, 2.45) is 14.1 Å². The van der Waals surface area contributed by atoms with Gasteiger partial charge in [0.05, 0.1) is 16.9 Å². The smallest absolute Gasteiger partial charge is 0.332 e. The standard InChI is InChI=1S/C23H19ClN6O4/c1-12-4-6-14(15(24)8-12)20-27-16-9-13(5-7-17(16)34-20)26-18(31)10-30-11-25-19-21(30)28(2)23(33)29(3)22(19)32/h4-9,11H,10H2,1-3H3,(H,26,31). The molecule has 0 radical (unpaired) electrons. The van der Waals surface area contributed by atoms with Crippen LogP contribution in [0.25, 0.3) is 33.7 Å². The number of nitrogens with one attached hydrogen (secondary N) is 1. The number of aryl methyl sites for hydroxylation is 2. The van der Waals surface area contributed by atoms with Gasteiger partial charge in [-0.05, 0) is 42.8 Å². The van der Waals surface area contributed by atoms with E-state index in [4.69, 9.17) is 16.0 Å². The highest BCUT2D eigenvalue weighted by Gasteiger charge is 2.17. The molecule has 3 aromatic heterocycles. The molecule has 10 nitrogen and oxygen atoms in total. The first kappa shape index (κ1) is 21.7. The summed E-state index contributed by atoms with van der Waals surface area (Å²) in [5, 5.41) is 3.34. The van der Waals surface area contributed by atoms with E-state index in [0.717, 1.165) is 10.1 Å². The molecule has 0 bridgehead atoms. The number of benzene rings is 2. The number of fused-ring (bicyclic) bond motifs is 2. The van der Waals surface area contributed by atoms with Crippen molar-refractivity contribution in [3.8, 4) is 11.5 Å². The normalized spacial score (nSPS) is 11.4. The molecular weight excluding hydrogens is 460 g/mol. The van der Waals surface area contributed by atoms with Gasteiger partial charge in [-0.25, -0.2) is 14.8 Å². The van der Waals surface area contributed by atoms with Gasteiger partial charge in [-0.2, -0.15) is 0 Å². The number of rotatable bonds is 4. The Morgan fingerprint density at radius 3 is 2.68 bits per heavy atom. The van der Waals surface area contributed by atoms with Crippen LogP contribution < -0.4 is 16.6 Å². The third-order valence-electron chi connectivity index (χ3n) is 5.55. The molecule has 5 rings (SSSR count). The van der Waals surface area contributed by atoms with E-state index in [-0.39, 0.29) is 23.6 Å². The van der Waals surface area contributed by atoms with Crippen LogP contribution in [0.1, 0.15) is 5.56 Å². The molecule has 3 heterocycles. The second-order valence-corrected chi connectivity index (χ2v) is 8.39. The first-order valence-electron chi connectivity index (χ1n) is 10.3. The molecule has 0 saturated heterocycles. The summed E-state index contributed by atoms with van der Waals surface area (Å²) in [5.41, 5.74) is 2.71. The molecule has 0 aliphatic heterocycles.